The molecule has 3 aromatic carbocycles. The van der Waals surface area contributed by atoms with Crippen LogP contribution in [0.15, 0.2) is 66.7 Å². The van der Waals surface area contributed by atoms with E-state index in [2.05, 4.69) is 0 Å². The van der Waals surface area contributed by atoms with Crippen LogP contribution in [0.25, 0.3) is 11.1 Å². The van der Waals surface area contributed by atoms with Crippen molar-refractivity contribution in [3.63, 3.8) is 0 Å². The molecule has 0 radical (unpaired) electrons. The van der Waals surface area contributed by atoms with Crippen molar-refractivity contribution in [3.8, 4) is 11.1 Å². The molecule has 34 heavy (non-hydrogen) atoms. The van der Waals surface area contributed by atoms with E-state index in [0.29, 0.717) is 35.5 Å². The molecular formula is C27H27ClN3O3+. The van der Waals surface area contributed by atoms with Gasteiger partial charge < -0.3 is 16.6 Å². The number of aliphatic hydroxyl groups is 1. The van der Waals surface area contributed by atoms with E-state index in [1.165, 1.54) is 0 Å². The fourth-order valence-electron chi connectivity index (χ4n) is 5.87. The van der Waals surface area contributed by atoms with Gasteiger partial charge in [-0.1, -0.05) is 66.2 Å². The largest absolute Gasteiger partial charge is 0.369 e. The summed E-state index contributed by atoms with van der Waals surface area (Å²) >= 11 is 6.30. The van der Waals surface area contributed by atoms with E-state index in [0.717, 1.165) is 22.3 Å². The molecule has 0 bridgehead atoms. The van der Waals surface area contributed by atoms with Crippen LogP contribution in [0.4, 0.5) is 0 Å². The number of likely N-dealkylation sites (tertiary alicyclic amines) is 1. The molecule has 2 atom stereocenters. The summed E-state index contributed by atoms with van der Waals surface area (Å²) in [6, 6.07) is 19.4. The average Bonchev–Trinajstić information content (AvgIpc) is 3.38. The average molecular weight is 477 g/mol. The van der Waals surface area contributed by atoms with Crippen LogP contribution >= 0.6 is 11.6 Å². The Balaban J connectivity index is 1.72. The van der Waals surface area contributed by atoms with Gasteiger partial charge in [-0.05, 0) is 28.8 Å². The summed E-state index contributed by atoms with van der Waals surface area (Å²) in [4.78, 5) is 27.3. The number of carbonyl (C=O) groups is 2. The van der Waals surface area contributed by atoms with E-state index < -0.39 is 23.5 Å². The van der Waals surface area contributed by atoms with Gasteiger partial charge in [0.1, 0.15) is 6.54 Å². The minimum absolute atomic E-state index is 0.173. The number of nitrogens with zero attached hydrogens (tertiary/aromatic N) is 1. The van der Waals surface area contributed by atoms with Crippen molar-refractivity contribution in [2.24, 2.45) is 11.5 Å². The number of hydrogen-bond acceptors (Lipinski definition) is 4. The Kier molecular flexibility index (Phi) is 5.57. The number of nitrogens with two attached hydrogens (primary N) is 2. The highest BCUT2D eigenvalue weighted by Gasteiger charge is 2.62. The molecule has 1 heterocycles. The Morgan fingerprint density at radius 3 is 2.21 bits per heavy atom. The lowest BCUT2D eigenvalue weighted by Gasteiger charge is -2.41. The Bertz CT molecular complexity index is 1260. The molecule has 5 rings (SSSR count). The van der Waals surface area contributed by atoms with Crippen molar-refractivity contribution in [3.05, 3.63) is 94.0 Å². The van der Waals surface area contributed by atoms with Crippen molar-refractivity contribution in [2.45, 2.75) is 37.6 Å². The molecule has 3 aromatic rings. The van der Waals surface area contributed by atoms with Gasteiger partial charge in [0.15, 0.2) is 6.04 Å². The van der Waals surface area contributed by atoms with Crippen molar-refractivity contribution in [2.75, 3.05) is 6.54 Å². The van der Waals surface area contributed by atoms with Gasteiger partial charge in [-0.15, -0.1) is 0 Å². The van der Waals surface area contributed by atoms with Gasteiger partial charge in [-0.3, -0.25) is 4.79 Å². The molecule has 2 amide bonds. The zero-order valence-electron chi connectivity index (χ0n) is 18.7. The second-order valence-electron chi connectivity index (χ2n) is 9.20. The number of rotatable bonds is 5. The number of fused-ring (bicyclic) bond motifs is 3. The summed E-state index contributed by atoms with van der Waals surface area (Å²) in [7, 11) is 0. The molecule has 2 aliphatic rings. The standard InChI is InChI=1S/C27H26ClN3O3/c28-19-12-11-17(15-29)18(14-19)16-31(13-5-10-24(31)25(30)32)26(33)27(34)22-8-3-1-6-20(22)21-7-2-4-9-23(21)27/h1-4,6-9,11-12,14,24,34H,5,10,13,15-16,29H2,(H-,30,32)/p+1/t24-,31?/m0/s1. The van der Waals surface area contributed by atoms with Crippen LogP contribution < -0.4 is 11.5 Å². The van der Waals surface area contributed by atoms with Crippen LogP contribution in [0.2, 0.25) is 5.02 Å². The fourth-order valence-corrected chi connectivity index (χ4v) is 6.06. The minimum Gasteiger partial charge on any atom is -0.369 e. The molecule has 1 aliphatic carbocycles. The lowest BCUT2D eigenvalue weighted by molar-refractivity contribution is -0.873. The van der Waals surface area contributed by atoms with Gasteiger partial charge >= 0.3 is 5.91 Å². The van der Waals surface area contributed by atoms with Gasteiger partial charge in [0, 0.05) is 41.1 Å². The van der Waals surface area contributed by atoms with Crippen molar-refractivity contribution in [1.29, 1.82) is 0 Å². The van der Waals surface area contributed by atoms with Crippen LogP contribution in [0.1, 0.15) is 35.1 Å². The lowest BCUT2D eigenvalue weighted by atomic mass is 9.87. The van der Waals surface area contributed by atoms with Gasteiger partial charge in [0.25, 0.3) is 5.91 Å². The number of amides is 2. The first kappa shape index (κ1) is 22.7. The number of carbonyl (C=O) groups excluding carboxylic acids is 2. The molecule has 7 heteroatoms. The predicted molar refractivity (Wildman–Crippen MR) is 130 cm³/mol. The summed E-state index contributed by atoms with van der Waals surface area (Å²) in [5, 5.41) is 12.8. The van der Waals surface area contributed by atoms with E-state index in [1.807, 2.05) is 42.5 Å². The van der Waals surface area contributed by atoms with E-state index in [1.54, 1.807) is 24.3 Å². The third-order valence-corrected chi connectivity index (χ3v) is 7.67. The highest BCUT2D eigenvalue weighted by atomic mass is 35.5. The van der Waals surface area contributed by atoms with Crippen molar-refractivity contribution >= 4 is 23.4 Å². The first-order chi connectivity index (χ1) is 16.3. The fraction of sp³-hybridized carbons (Fsp3) is 0.259. The zero-order valence-corrected chi connectivity index (χ0v) is 19.5. The highest BCUT2D eigenvalue weighted by Crippen LogP contribution is 2.50. The molecule has 0 saturated carbocycles. The SMILES string of the molecule is NCc1ccc(Cl)cc1C[N+]1(C(=O)C2(O)c3ccccc3-c3ccccc32)CCC[C@H]1C(N)=O. The number of primary amides is 1. The molecule has 1 fully saturated rings. The third-order valence-electron chi connectivity index (χ3n) is 7.44. The van der Waals surface area contributed by atoms with Gasteiger partial charge in [-0.2, -0.15) is 0 Å². The molecule has 6 nitrogen and oxygen atoms in total. The quantitative estimate of drug-likeness (QED) is 0.491. The first-order valence-corrected chi connectivity index (χ1v) is 11.8. The summed E-state index contributed by atoms with van der Waals surface area (Å²) < 4.78 is -0.276. The maximum Gasteiger partial charge on any atom is 0.355 e. The zero-order chi connectivity index (χ0) is 24.1. The highest BCUT2D eigenvalue weighted by molar-refractivity contribution is 6.30. The van der Waals surface area contributed by atoms with Gasteiger partial charge in [0.05, 0.1) is 6.54 Å². The monoisotopic (exact) mass is 476 g/mol. The third kappa shape index (κ3) is 3.21. The normalized spacial score (nSPS) is 22.3. The first-order valence-electron chi connectivity index (χ1n) is 11.4. The summed E-state index contributed by atoms with van der Waals surface area (Å²) in [5.41, 5.74) is 14.2. The Labute approximate surface area is 203 Å². The second kappa shape index (κ2) is 8.32. The summed E-state index contributed by atoms with van der Waals surface area (Å²) in [6.45, 7) is 0.819. The van der Waals surface area contributed by atoms with E-state index in [9.17, 15) is 14.7 Å². The van der Waals surface area contributed by atoms with E-state index >= 15 is 0 Å². The molecule has 1 aliphatic heterocycles. The van der Waals surface area contributed by atoms with Crippen LogP contribution in [0.3, 0.4) is 0 Å². The minimum atomic E-state index is -1.91. The van der Waals surface area contributed by atoms with E-state index in [4.69, 9.17) is 23.1 Å². The molecular weight excluding hydrogens is 450 g/mol. The van der Waals surface area contributed by atoms with Crippen molar-refractivity contribution in [1.82, 2.24) is 0 Å². The smallest absolute Gasteiger partial charge is 0.355 e. The number of benzene rings is 3. The molecule has 1 unspecified atom stereocenters. The van der Waals surface area contributed by atoms with Crippen LogP contribution in [0.5, 0.6) is 0 Å². The Morgan fingerprint density at radius 2 is 1.62 bits per heavy atom. The van der Waals surface area contributed by atoms with Crippen LogP contribution in [-0.4, -0.2) is 34.0 Å². The van der Waals surface area contributed by atoms with E-state index in [-0.39, 0.29) is 17.6 Å². The molecule has 0 aromatic heterocycles. The van der Waals surface area contributed by atoms with Crippen LogP contribution in [0, 0.1) is 0 Å². The van der Waals surface area contributed by atoms with Crippen molar-refractivity contribution < 1.29 is 19.2 Å². The maximum absolute atomic E-state index is 14.7. The number of hydrogen-bond donors (Lipinski definition) is 3. The number of quaternary nitrogens is 1. The Morgan fingerprint density at radius 1 is 1.00 bits per heavy atom. The van der Waals surface area contributed by atoms with Crippen LogP contribution in [-0.2, 0) is 28.3 Å². The molecule has 174 valence electrons. The number of halogens is 1. The maximum atomic E-state index is 14.7. The van der Waals surface area contributed by atoms with Gasteiger partial charge in [0.2, 0.25) is 5.60 Å². The second-order valence-corrected chi connectivity index (χ2v) is 9.64. The molecule has 1 saturated heterocycles. The predicted octanol–water partition coefficient (Wildman–Crippen LogP) is 3.21. The molecule has 5 N–H and O–H groups in total. The van der Waals surface area contributed by atoms with Gasteiger partial charge in [-0.25, -0.2) is 9.28 Å². The molecule has 0 spiro atoms. The topological polar surface area (TPSA) is 106 Å². The lowest BCUT2D eigenvalue weighted by Crippen LogP contribution is -2.65. The summed E-state index contributed by atoms with van der Waals surface area (Å²) in [6.07, 6.45) is 1.11. The Hall–Kier alpha value is -3.03. The summed E-state index contributed by atoms with van der Waals surface area (Å²) in [5.74, 6) is -1.00.